The van der Waals surface area contributed by atoms with E-state index < -0.39 is 0 Å². The first-order chi connectivity index (χ1) is 9.11. The lowest BCUT2D eigenvalue weighted by molar-refractivity contribution is 0.0643. The number of hydrogen-bond acceptors (Lipinski definition) is 2. The van der Waals surface area contributed by atoms with Crippen molar-refractivity contribution in [3.8, 4) is 0 Å². The Bertz CT molecular complexity index is 462. The van der Waals surface area contributed by atoms with Gasteiger partial charge in [0.15, 0.2) is 0 Å². The van der Waals surface area contributed by atoms with Crippen molar-refractivity contribution in [3.63, 3.8) is 0 Å². The van der Waals surface area contributed by atoms with E-state index in [1.54, 1.807) is 18.2 Å². The van der Waals surface area contributed by atoms with Crippen molar-refractivity contribution in [3.05, 3.63) is 33.3 Å². The van der Waals surface area contributed by atoms with Crippen molar-refractivity contribution in [1.82, 2.24) is 9.80 Å². The third-order valence-electron chi connectivity index (χ3n) is 3.22. The van der Waals surface area contributed by atoms with Crippen LogP contribution in [0.25, 0.3) is 0 Å². The third kappa shape index (κ3) is 3.85. The molecule has 2 rings (SSSR count). The number of carbonyl (C=O) groups excluding carboxylic acids is 1. The zero-order valence-corrected chi connectivity index (χ0v) is 13.5. The molecule has 1 saturated heterocycles. The minimum Gasteiger partial charge on any atom is -0.336 e. The normalized spacial score (nSPS) is 16.7. The average Bonchev–Trinajstić information content (AvgIpc) is 2.39. The van der Waals surface area contributed by atoms with E-state index in [1.165, 1.54) is 0 Å². The summed E-state index contributed by atoms with van der Waals surface area (Å²) in [4.78, 5) is 16.5. The van der Waals surface area contributed by atoms with E-state index >= 15 is 0 Å². The highest BCUT2D eigenvalue weighted by molar-refractivity contribution is 9.10. The Balaban J connectivity index is 2.01. The summed E-state index contributed by atoms with van der Waals surface area (Å²) in [6.07, 6.45) is 0. The average molecular weight is 366 g/mol. The van der Waals surface area contributed by atoms with Crippen molar-refractivity contribution in [1.29, 1.82) is 0 Å². The topological polar surface area (TPSA) is 23.6 Å². The van der Waals surface area contributed by atoms with Gasteiger partial charge >= 0.3 is 0 Å². The van der Waals surface area contributed by atoms with Gasteiger partial charge in [-0.15, -0.1) is 11.6 Å². The minimum absolute atomic E-state index is 0.0501. The maximum Gasteiger partial charge on any atom is 0.255 e. The molecule has 6 heteroatoms. The van der Waals surface area contributed by atoms with Crippen molar-refractivity contribution in [2.75, 3.05) is 38.6 Å². The highest BCUT2D eigenvalue weighted by Gasteiger charge is 2.23. The molecule has 1 aliphatic heterocycles. The van der Waals surface area contributed by atoms with Gasteiger partial charge in [-0.1, -0.05) is 11.6 Å². The van der Waals surface area contributed by atoms with Gasteiger partial charge in [0.25, 0.3) is 5.91 Å². The zero-order valence-electron chi connectivity index (χ0n) is 10.4. The van der Waals surface area contributed by atoms with Crippen LogP contribution in [0.2, 0.25) is 5.02 Å². The number of amides is 1. The SMILES string of the molecule is O=C(c1ccc(Cl)cc1Br)N1CCN(CCCl)CC1. The van der Waals surface area contributed by atoms with Crippen LogP contribution in [0.15, 0.2) is 22.7 Å². The van der Waals surface area contributed by atoms with Crippen LogP contribution in [-0.2, 0) is 0 Å². The smallest absolute Gasteiger partial charge is 0.255 e. The van der Waals surface area contributed by atoms with Crippen molar-refractivity contribution >= 4 is 45.0 Å². The van der Waals surface area contributed by atoms with Gasteiger partial charge in [0.1, 0.15) is 0 Å². The van der Waals surface area contributed by atoms with Crippen molar-refractivity contribution in [2.24, 2.45) is 0 Å². The molecule has 0 saturated carbocycles. The second-order valence-electron chi connectivity index (χ2n) is 4.45. The summed E-state index contributed by atoms with van der Waals surface area (Å²) in [5, 5.41) is 0.621. The number of benzene rings is 1. The minimum atomic E-state index is 0.0501. The summed E-state index contributed by atoms with van der Waals surface area (Å²) in [6, 6.07) is 5.25. The van der Waals surface area contributed by atoms with Gasteiger partial charge in [0.05, 0.1) is 5.56 Å². The van der Waals surface area contributed by atoms with E-state index in [2.05, 4.69) is 20.8 Å². The molecule has 0 N–H and O–H groups in total. The Hall–Kier alpha value is -0.290. The molecule has 0 aliphatic carbocycles. The molecule has 1 amide bonds. The van der Waals surface area contributed by atoms with Gasteiger partial charge in [-0.2, -0.15) is 0 Å². The van der Waals surface area contributed by atoms with Crippen LogP contribution >= 0.6 is 39.1 Å². The third-order valence-corrected chi connectivity index (χ3v) is 4.28. The van der Waals surface area contributed by atoms with Gasteiger partial charge in [-0.05, 0) is 34.1 Å². The highest BCUT2D eigenvalue weighted by atomic mass is 79.9. The lowest BCUT2D eigenvalue weighted by atomic mass is 10.2. The summed E-state index contributed by atoms with van der Waals surface area (Å²) in [5.41, 5.74) is 0.662. The van der Waals surface area contributed by atoms with Gasteiger partial charge in [-0.3, -0.25) is 9.69 Å². The summed E-state index contributed by atoms with van der Waals surface area (Å²) in [5.74, 6) is 0.686. The van der Waals surface area contributed by atoms with Crippen molar-refractivity contribution in [2.45, 2.75) is 0 Å². The highest BCUT2D eigenvalue weighted by Crippen LogP contribution is 2.23. The van der Waals surface area contributed by atoms with Crippen LogP contribution in [-0.4, -0.2) is 54.3 Å². The molecule has 0 atom stereocenters. The van der Waals surface area contributed by atoms with Crippen LogP contribution in [0, 0.1) is 0 Å². The van der Waals surface area contributed by atoms with Crippen LogP contribution in [0.1, 0.15) is 10.4 Å². The fourth-order valence-electron chi connectivity index (χ4n) is 2.13. The predicted octanol–water partition coefficient (Wildman–Crippen LogP) is 3.10. The van der Waals surface area contributed by atoms with Gasteiger partial charge in [-0.25, -0.2) is 0 Å². The van der Waals surface area contributed by atoms with Crippen molar-refractivity contribution < 1.29 is 4.79 Å². The summed E-state index contributed by atoms with van der Waals surface area (Å²) < 4.78 is 0.744. The van der Waals surface area contributed by atoms with E-state index in [9.17, 15) is 4.79 Å². The van der Waals surface area contributed by atoms with Gasteiger partial charge in [0.2, 0.25) is 0 Å². The lowest BCUT2D eigenvalue weighted by Crippen LogP contribution is -2.49. The van der Waals surface area contributed by atoms with Crippen LogP contribution in [0.5, 0.6) is 0 Å². The molecule has 1 heterocycles. The molecule has 19 heavy (non-hydrogen) atoms. The van der Waals surface area contributed by atoms with Crippen LogP contribution in [0.3, 0.4) is 0 Å². The number of rotatable bonds is 3. The summed E-state index contributed by atoms with van der Waals surface area (Å²) >= 11 is 15.0. The van der Waals surface area contributed by atoms with E-state index in [-0.39, 0.29) is 5.91 Å². The summed E-state index contributed by atoms with van der Waals surface area (Å²) in [6.45, 7) is 4.12. The fraction of sp³-hybridized carbons (Fsp3) is 0.462. The molecule has 1 aromatic carbocycles. The molecule has 0 spiro atoms. The number of carbonyl (C=O) groups is 1. The maximum absolute atomic E-state index is 12.4. The first-order valence-electron chi connectivity index (χ1n) is 6.14. The molecule has 1 fully saturated rings. The van der Waals surface area contributed by atoms with E-state index in [1.807, 2.05) is 4.90 Å². The molecular weight excluding hydrogens is 351 g/mol. The number of hydrogen-bond donors (Lipinski definition) is 0. The number of piperazine rings is 1. The number of alkyl halides is 1. The van der Waals surface area contributed by atoms with Gasteiger partial charge < -0.3 is 4.90 Å². The Kier molecular flexibility index (Phi) is 5.51. The zero-order chi connectivity index (χ0) is 13.8. The summed E-state index contributed by atoms with van der Waals surface area (Å²) in [7, 11) is 0. The number of halogens is 3. The Morgan fingerprint density at radius 3 is 2.53 bits per heavy atom. The molecule has 104 valence electrons. The molecular formula is C13H15BrCl2N2O. The largest absolute Gasteiger partial charge is 0.336 e. The maximum atomic E-state index is 12.4. The quantitative estimate of drug-likeness (QED) is 0.768. The monoisotopic (exact) mass is 364 g/mol. The molecule has 1 aromatic rings. The lowest BCUT2D eigenvalue weighted by Gasteiger charge is -2.34. The molecule has 0 aromatic heterocycles. The Labute approximate surface area is 131 Å². The van der Waals surface area contributed by atoms with Gasteiger partial charge in [0, 0.05) is 48.1 Å². The molecule has 0 bridgehead atoms. The second-order valence-corrected chi connectivity index (χ2v) is 6.12. The van der Waals surface area contributed by atoms with E-state index in [4.69, 9.17) is 23.2 Å². The predicted molar refractivity (Wildman–Crippen MR) is 82.2 cm³/mol. The molecule has 0 unspecified atom stereocenters. The Morgan fingerprint density at radius 1 is 1.26 bits per heavy atom. The van der Waals surface area contributed by atoms with E-state index in [0.29, 0.717) is 16.5 Å². The second kappa shape index (κ2) is 6.93. The van der Waals surface area contributed by atoms with E-state index in [0.717, 1.165) is 37.2 Å². The number of nitrogens with zero attached hydrogens (tertiary/aromatic N) is 2. The van der Waals surface area contributed by atoms with Crippen LogP contribution < -0.4 is 0 Å². The van der Waals surface area contributed by atoms with Crippen LogP contribution in [0.4, 0.5) is 0 Å². The molecule has 0 radical (unpaired) electrons. The molecule has 1 aliphatic rings. The first-order valence-corrected chi connectivity index (χ1v) is 7.85. The first kappa shape index (κ1) is 15.1. The molecule has 3 nitrogen and oxygen atoms in total. The Morgan fingerprint density at radius 2 is 1.95 bits per heavy atom. The fourth-order valence-corrected chi connectivity index (χ4v) is 3.22. The standard InChI is InChI=1S/C13H15BrCl2N2O/c14-12-9-10(16)1-2-11(12)13(19)18-7-5-17(4-3-15)6-8-18/h1-2,9H,3-8H2.